The molecule has 0 saturated heterocycles. The molecule has 28 heavy (non-hydrogen) atoms. The number of halogens is 2. The molecule has 0 radical (unpaired) electrons. The summed E-state index contributed by atoms with van der Waals surface area (Å²) >= 11 is 0. The lowest BCUT2D eigenvalue weighted by molar-refractivity contribution is 0.101. The van der Waals surface area contributed by atoms with Crippen molar-refractivity contribution in [3.05, 3.63) is 88.7 Å². The number of carbonyl (C=O) groups is 2. The summed E-state index contributed by atoms with van der Waals surface area (Å²) < 4.78 is 26.7. The van der Waals surface area contributed by atoms with Crippen molar-refractivity contribution >= 4 is 23.2 Å². The van der Waals surface area contributed by atoms with Crippen molar-refractivity contribution < 1.29 is 18.4 Å². The van der Waals surface area contributed by atoms with Crippen LogP contribution in [0.15, 0.2) is 54.6 Å². The molecule has 2 aromatic carbocycles. The Hall–Kier alpha value is -3.61. The molecular formula is C21H17F2N3O2. The molecule has 142 valence electrons. The number of hydrogen-bond donors (Lipinski definition) is 2. The summed E-state index contributed by atoms with van der Waals surface area (Å²) in [7, 11) is 0. The fourth-order valence-corrected chi connectivity index (χ4v) is 2.71. The van der Waals surface area contributed by atoms with E-state index in [1.165, 1.54) is 18.2 Å². The van der Waals surface area contributed by atoms with Gasteiger partial charge in [-0.05, 0) is 61.4 Å². The lowest BCUT2D eigenvalue weighted by Crippen LogP contribution is -2.19. The first-order valence-corrected chi connectivity index (χ1v) is 8.45. The Bertz CT molecular complexity index is 1050. The van der Waals surface area contributed by atoms with Gasteiger partial charge in [0.2, 0.25) is 0 Å². The molecule has 3 aromatic rings. The van der Waals surface area contributed by atoms with Crippen LogP contribution in [0.3, 0.4) is 0 Å². The van der Waals surface area contributed by atoms with Crippen LogP contribution < -0.4 is 10.6 Å². The number of hydrogen-bond acceptors (Lipinski definition) is 3. The normalized spacial score (nSPS) is 10.4. The van der Waals surface area contributed by atoms with Gasteiger partial charge in [-0.15, -0.1) is 0 Å². The zero-order valence-electron chi connectivity index (χ0n) is 15.2. The molecule has 0 aliphatic carbocycles. The Morgan fingerprint density at radius 3 is 2.04 bits per heavy atom. The van der Waals surface area contributed by atoms with Crippen molar-refractivity contribution in [1.29, 1.82) is 0 Å². The van der Waals surface area contributed by atoms with Gasteiger partial charge in [0.25, 0.3) is 11.8 Å². The first kappa shape index (κ1) is 19.2. The predicted molar refractivity (Wildman–Crippen MR) is 102 cm³/mol. The molecule has 0 bridgehead atoms. The van der Waals surface area contributed by atoms with Crippen LogP contribution in [-0.2, 0) is 0 Å². The van der Waals surface area contributed by atoms with Crippen LogP contribution in [0.1, 0.15) is 32.1 Å². The lowest BCUT2D eigenvalue weighted by atomic mass is 10.1. The summed E-state index contributed by atoms with van der Waals surface area (Å²) in [4.78, 5) is 28.8. The molecule has 3 rings (SSSR count). The third kappa shape index (κ3) is 4.56. The molecule has 0 aliphatic heterocycles. The molecule has 0 unspecified atom stereocenters. The van der Waals surface area contributed by atoms with E-state index < -0.39 is 23.4 Å². The molecule has 0 aliphatic rings. The van der Waals surface area contributed by atoms with Crippen molar-refractivity contribution in [2.75, 3.05) is 10.6 Å². The van der Waals surface area contributed by atoms with Crippen molar-refractivity contribution in [2.45, 2.75) is 13.8 Å². The molecule has 0 spiro atoms. The monoisotopic (exact) mass is 381 g/mol. The Kier molecular flexibility index (Phi) is 5.44. The van der Waals surface area contributed by atoms with E-state index in [4.69, 9.17) is 0 Å². The summed E-state index contributed by atoms with van der Waals surface area (Å²) in [6.45, 7) is 3.83. The average Bonchev–Trinajstić information content (AvgIpc) is 2.63. The van der Waals surface area contributed by atoms with E-state index in [1.54, 1.807) is 0 Å². The molecule has 2 amide bonds. The van der Waals surface area contributed by atoms with Crippen LogP contribution >= 0.6 is 0 Å². The number of nitrogens with one attached hydrogen (secondary N) is 2. The van der Waals surface area contributed by atoms with Gasteiger partial charge in [0, 0.05) is 11.8 Å². The summed E-state index contributed by atoms with van der Waals surface area (Å²) in [6, 6.07) is 12.8. The van der Waals surface area contributed by atoms with Crippen molar-refractivity contribution in [1.82, 2.24) is 4.98 Å². The molecular weight excluding hydrogens is 364 g/mol. The summed E-state index contributed by atoms with van der Waals surface area (Å²) in [5, 5.41) is 5.05. The standard InChI is InChI=1S/C21H17F2N3O2/c1-12-8-13(2)10-15(9-12)24-20(27)18-4-3-5-19(25-18)21(28)26-17-7-6-14(22)11-16(17)23/h3-11H,1-2H3,(H,24,27)(H,26,28). The van der Waals surface area contributed by atoms with E-state index in [1.807, 2.05) is 32.0 Å². The first-order valence-electron chi connectivity index (χ1n) is 8.45. The van der Waals surface area contributed by atoms with Gasteiger partial charge >= 0.3 is 0 Å². The lowest BCUT2D eigenvalue weighted by Gasteiger charge is -2.09. The highest BCUT2D eigenvalue weighted by Gasteiger charge is 2.15. The van der Waals surface area contributed by atoms with Gasteiger partial charge < -0.3 is 10.6 Å². The van der Waals surface area contributed by atoms with E-state index >= 15 is 0 Å². The molecule has 1 aromatic heterocycles. The zero-order valence-corrected chi connectivity index (χ0v) is 15.2. The molecule has 1 heterocycles. The molecule has 0 saturated carbocycles. The second-order valence-corrected chi connectivity index (χ2v) is 6.32. The summed E-state index contributed by atoms with van der Waals surface area (Å²) in [6.07, 6.45) is 0. The molecule has 5 nitrogen and oxygen atoms in total. The fraction of sp³-hybridized carbons (Fsp3) is 0.0952. The predicted octanol–water partition coefficient (Wildman–Crippen LogP) is 4.48. The van der Waals surface area contributed by atoms with E-state index in [2.05, 4.69) is 15.6 Å². The summed E-state index contributed by atoms with van der Waals surface area (Å²) in [5.41, 5.74) is 2.39. The van der Waals surface area contributed by atoms with Gasteiger partial charge in [-0.1, -0.05) is 12.1 Å². The number of carbonyl (C=O) groups excluding carboxylic acids is 2. The Morgan fingerprint density at radius 2 is 1.43 bits per heavy atom. The highest BCUT2D eigenvalue weighted by molar-refractivity contribution is 6.06. The number of pyridine rings is 1. The number of nitrogens with zero attached hydrogens (tertiary/aromatic N) is 1. The number of anilines is 2. The van der Waals surface area contributed by atoms with E-state index in [0.29, 0.717) is 11.8 Å². The number of amides is 2. The van der Waals surface area contributed by atoms with Crippen LogP contribution in [0.4, 0.5) is 20.2 Å². The van der Waals surface area contributed by atoms with Gasteiger partial charge in [-0.2, -0.15) is 0 Å². The molecule has 7 heteroatoms. The molecule has 0 atom stereocenters. The van der Waals surface area contributed by atoms with Crippen molar-refractivity contribution in [3.8, 4) is 0 Å². The minimum absolute atomic E-state index is 0.0337. The number of rotatable bonds is 4. The Morgan fingerprint density at radius 1 is 0.821 bits per heavy atom. The van der Waals surface area contributed by atoms with Gasteiger partial charge in [-0.3, -0.25) is 9.59 Å². The first-order chi connectivity index (χ1) is 13.3. The van der Waals surface area contributed by atoms with Crippen LogP contribution in [0.25, 0.3) is 0 Å². The second kappa shape index (κ2) is 7.96. The van der Waals surface area contributed by atoms with Crippen LogP contribution in [0.2, 0.25) is 0 Å². The Balaban J connectivity index is 1.77. The topological polar surface area (TPSA) is 71.1 Å². The highest BCUT2D eigenvalue weighted by atomic mass is 19.1. The minimum atomic E-state index is -0.905. The van der Waals surface area contributed by atoms with Gasteiger partial charge in [-0.25, -0.2) is 13.8 Å². The third-order valence-corrected chi connectivity index (χ3v) is 3.87. The van der Waals surface area contributed by atoms with Crippen molar-refractivity contribution in [3.63, 3.8) is 0 Å². The van der Waals surface area contributed by atoms with E-state index in [-0.39, 0.29) is 17.1 Å². The largest absolute Gasteiger partial charge is 0.321 e. The maximum absolute atomic E-state index is 13.7. The van der Waals surface area contributed by atoms with Crippen molar-refractivity contribution in [2.24, 2.45) is 0 Å². The maximum Gasteiger partial charge on any atom is 0.274 e. The van der Waals surface area contributed by atoms with Gasteiger partial charge in [0.1, 0.15) is 23.0 Å². The van der Waals surface area contributed by atoms with Gasteiger partial charge in [0.15, 0.2) is 0 Å². The SMILES string of the molecule is Cc1cc(C)cc(NC(=O)c2cccc(C(=O)Nc3ccc(F)cc3F)n2)c1. The van der Waals surface area contributed by atoms with Crippen LogP contribution in [0, 0.1) is 25.5 Å². The summed E-state index contributed by atoms with van der Waals surface area (Å²) in [5.74, 6) is -2.85. The second-order valence-electron chi connectivity index (χ2n) is 6.32. The maximum atomic E-state index is 13.7. The van der Waals surface area contributed by atoms with E-state index in [0.717, 1.165) is 23.3 Å². The zero-order chi connectivity index (χ0) is 20.3. The number of benzene rings is 2. The van der Waals surface area contributed by atoms with Crippen LogP contribution in [0.5, 0.6) is 0 Å². The molecule has 0 fully saturated rings. The van der Waals surface area contributed by atoms with Crippen LogP contribution in [-0.4, -0.2) is 16.8 Å². The quantitative estimate of drug-likeness (QED) is 0.700. The minimum Gasteiger partial charge on any atom is -0.321 e. The fourth-order valence-electron chi connectivity index (χ4n) is 2.71. The highest BCUT2D eigenvalue weighted by Crippen LogP contribution is 2.17. The third-order valence-electron chi connectivity index (χ3n) is 3.87. The van der Waals surface area contributed by atoms with Gasteiger partial charge in [0.05, 0.1) is 5.69 Å². The number of aryl methyl sites for hydroxylation is 2. The van der Waals surface area contributed by atoms with E-state index in [9.17, 15) is 18.4 Å². The smallest absolute Gasteiger partial charge is 0.274 e. The number of aromatic nitrogens is 1. The molecule has 2 N–H and O–H groups in total. The Labute approximate surface area is 160 Å². The average molecular weight is 381 g/mol.